The van der Waals surface area contributed by atoms with E-state index in [4.69, 9.17) is 6.42 Å². The van der Waals surface area contributed by atoms with Crippen LogP contribution in [-0.2, 0) is 6.54 Å². The van der Waals surface area contributed by atoms with Crippen molar-refractivity contribution in [2.45, 2.75) is 25.9 Å². The van der Waals surface area contributed by atoms with Crippen molar-refractivity contribution in [2.24, 2.45) is 0 Å². The minimum absolute atomic E-state index is 0.333. The lowest BCUT2D eigenvalue weighted by atomic mass is 10.2. The van der Waals surface area contributed by atoms with E-state index in [2.05, 4.69) is 28.1 Å². The van der Waals surface area contributed by atoms with Crippen molar-refractivity contribution in [2.75, 3.05) is 0 Å². The summed E-state index contributed by atoms with van der Waals surface area (Å²) in [5.74, 6) is 2.61. The number of terminal acetylenes is 1. The van der Waals surface area contributed by atoms with Gasteiger partial charge < -0.3 is 5.32 Å². The average molecular weight is 175 g/mol. The molecule has 0 aliphatic carbocycles. The Balaban J connectivity index is 2.32. The molecule has 3 nitrogen and oxygen atoms in total. The molecule has 1 rings (SSSR count). The van der Waals surface area contributed by atoms with E-state index in [9.17, 15) is 0 Å². The Bertz CT molecular complexity index is 276. The molecule has 0 spiro atoms. The molecule has 1 heterocycles. The third-order valence-electron chi connectivity index (χ3n) is 1.70. The van der Waals surface area contributed by atoms with Crippen LogP contribution in [0.4, 0.5) is 0 Å². The van der Waals surface area contributed by atoms with Gasteiger partial charge in [-0.2, -0.15) is 0 Å². The molecule has 1 aromatic heterocycles. The van der Waals surface area contributed by atoms with Gasteiger partial charge in [0.05, 0.1) is 5.69 Å². The van der Waals surface area contributed by atoms with Gasteiger partial charge in [-0.15, -0.1) is 12.3 Å². The Morgan fingerprint density at radius 1 is 1.69 bits per heavy atom. The van der Waals surface area contributed by atoms with Gasteiger partial charge in [-0.25, -0.2) is 9.97 Å². The first kappa shape index (κ1) is 9.69. The normalized spacial score (nSPS) is 12.0. The van der Waals surface area contributed by atoms with Crippen LogP contribution in [0.5, 0.6) is 0 Å². The number of rotatable bonds is 4. The van der Waals surface area contributed by atoms with E-state index in [0.717, 1.165) is 18.7 Å². The Labute approximate surface area is 78.6 Å². The summed E-state index contributed by atoms with van der Waals surface area (Å²) in [5.41, 5.74) is 0.985. The molecule has 0 saturated carbocycles. The highest BCUT2D eigenvalue weighted by Gasteiger charge is 1.98. The first-order valence-electron chi connectivity index (χ1n) is 4.24. The Morgan fingerprint density at radius 3 is 3.15 bits per heavy atom. The minimum atomic E-state index is 0.333. The second-order valence-corrected chi connectivity index (χ2v) is 2.89. The first-order chi connectivity index (χ1) is 6.33. The van der Waals surface area contributed by atoms with Crippen molar-refractivity contribution in [3.8, 4) is 12.3 Å². The van der Waals surface area contributed by atoms with Crippen molar-refractivity contribution in [3.05, 3.63) is 24.3 Å². The van der Waals surface area contributed by atoms with Crippen molar-refractivity contribution < 1.29 is 0 Å². The number of hydrogen-bond donors (Lipinski definition) is 1. The molecular weight excluding hydrogens is 162 g/mol. The van der Waals surface area contributed by atoms with E-state index in [1.807, 2.05) is 6.07 Å². The molecule has 13 heavy (non-hydrogen) atoms. The van der Waals surface area contributed by atoms with Gasteiger partial charge in [0.15, 0.2) is 0 Å². The van der Waals surface area contributed by atoms with Crippen LogP contribution < -0.4 is 5.32 Å². The summed E-state index contributed by atoms with van der Waals surface area (Å²) in [7, 11) is 0. The number of nitrogens with zero attached hydrogens (tertiary/aromatic N) is 2. The van der Waals surface area contributed by atoms with Crippen LogP contribution in [0.1, 0.15) is 19.0 Å². The van der Waals surface area contributed by atoms with Crippen LogP contribution in [0.15, 0.2) is 18.6 Å². The monoisotopic (exact) mass is 175 g/mol. The predicted molar refractivity (Wildman–Crippen MR) is 51.8 cm³/mol. The number of aromatic nitrogens is 2. The number of hydrogen-bond acceptors (Lipinski definition) is 3. The van der Waals surface area contributed by atoms with Crippen LogP contribution >= 0.6 is 0 Å². The van der Waals surface area contributed by atoms with Crippen LogP contribution in [0.3, 0.4) is 0 Å². The van der Waals surface area contributed by atoms with Crippen molar-refractivity contribution >= 4 is 0 Å². The quantitative estimate of drug-likeness (QED) is 0.693. The lowest BCUT2D eigenvalue weighted by Gasteiger charge is -2.09. The summed E-state index contributed by atoms with van der Waals surface area (Å²) in [6.45, 7) is 2.80. The zero-order valence-corrected chi connectivity index (χ0v) is 7.70. The summed E-state index contributed by atoms with van der Waals surface area (Å²) in [6.07, 6.45) is 9.20. The van der Waals surface area contributed by atoms with Gasteiger partial charge in [-0.3, -0.25) is 0 Å². The molecule has 0 aliphatic rings. The van der Waals surface area contributed by atoms with Gasteiger partial charge in [-0.05, 0) is 13.0 Å². The summed E-state index contributed by atoms with van der Waals surface area (Å²) in [4.78, 5) is 7.92. The largest absolute Gasteiger partial charge is 0.308 e. The van der Waals surface area contributed by atoms with Crippen LogP contribution in [0.25, 0.3) is 0 Å². The topological polar surface area (TPSA) is 37.8 Å². The van der Waals surface area contributed by atoms with E-state index >= 15 is 0 Å². The van der Waals surface area contributed by atoms with Gasteiger partial charge >= 0.3 is 0 Å². The lowest BCUT2D eigenvalue weighted by molar-refractivity contribution is 0.553. The highest BCUT2D eigenvalue weighted by Crippen LogP contribution is 1.93. The third kappa shape index (κ3) is 3.68. The van der Waals surface area contributed by atoms with Crippen molar-refractivity contribution in [3.63, 3.8) is 0 Å². The van der Waals surface area contributed by atoms with E-state index in [-0.39, 0.29) is 0 Å². The Kier molecular flexibility index (Phi) is 3.94. The molecule has 0 saturated heterocycles. The van der Waals surface area contributed by atoms with E-state index in [1.165, 1.54) is 0 Å². The van der Waals surface area contributed by atoms with Crippen LogP contribution in [0.2, 0.25) is 0 Å². The van der Waals surface area contributed by atoms with Crippen molar-refractivity contribution in [1.82, 2.24) is 15.3 Å². The van der Waals surface area contributed by atoms with E-state index in [1.54, 1.807) is 12.5 Å². The standard InChI is InChI=1S/C10H13N3/c1-3-4-9(2)12-7-10-5-6-11-8-13-10/h1,5-6,8-9,12H,4,7H2,2H3. The minimum Gasteiger partial charge on any atom is -0.308 e. The third-order valence-corrected chi connectivity index (χ3v) is 1.70. The van der Waals surface area contributed by atoms with E-state index in [0.29, 0.717) is 6.04 Å². The molecule has 1 unspecified atom stereocenters. The smallest absolute Gasteiger partial charge is 0.115 e. The fourth-order valence-electron chi connectivity index (χ4n) is 0.950. The fourth-order valence-corrected chi connectivity index (χ4v) is 0.950. The summed E-state index contributed by atoms with van der Waals surface area (Å²) in [6, 6.07) is 2.22. The fraction of sp³-hybridized carbons (Fsp3) is 0.400. The molecule has 0 radical (unpaired) electrons. The maximum Gasteiger partial charge on any atom is 0.115 e. The number of nitrogens with one attached hydrogen (secondary N) is 1. The molecule has 68 valence electrons. The molecule has 0 bridgehead atoms. The molecule has 0 amide bonds. The van der Waals surface area contributed by atoms with Gasteiger partial charge in [0.25, 0.3) is 0 Å². The van der Waals surface area contributed by atoms with Crippen molar-refractivity contribution in [1.29, 1.82) is 0 Å². The molecule has 1 aromatic rings. The maximum absolute atomic E-state index is 5.18. The maximum atomic E-state index is 5.18. The van der Waals surface area contributed by atoms with Gasteiger partial charge in [0.2, 0.25) is 0 Å². The van der Waals surface area contributed by atoms with Crippen LogP contribution in [0, 0.1) is 12.3 Å². The second kappa shape index (κ2) is 5.28. The second-order valence-electron chi connectivity index (χ2n) is 2.89. The van der Waals surface area contributed by atoms with E-state index < -0.39 is 0 Å². The molecule has 1 atom stereocenters. The highest BCUT2D eigenvalue weighted by atomic mass is 14.9. The summed E-state index contributed by atoms with van der Waals surface area (Å²) in [5, 5.41) is 3.27. The summed E-state index contributed by atoms with van der Waals surface area (Å²) < 4.78 is 0. The zero-order valence-electron chi connectivity index (χ0n) is 7.70. The first-order valence-corrected chi connectivity index (χ1v) is 4.24. The predicted octanol–water partition coefficient (Wildman–Crippen LogP) is 0.978. The van der Waals surface area contributed by atoms with Gasteiger partial charge in [0, 0.05) is 25.2 Å². The highest BCUT2D eigenvalue weighted by molar-refractivity contribution is 4.98. The molecular formula is C10H13N3. The molecule has 0 aromatic carbocycles. The lowest BCUT2D eigenvalue weighted by Crippen LogP contribution is -2.25. The van der Waals surface area contributed by atoms with Gasteiger partial charge in [0.1, 0.15) is 6.33 Å². The zero-order chi connectivity index (χ0) is 9.52. The Hall–Kier alpha value is -1.40. The average Bonchev–Trinajstić information content (AvgIpc) is 2.17. The van der Waals surface area contributed by atoms with Gasteiger partial charge in [-0.1, -0.05) is 0 Å². The molecule has 0 aliphatic heterocycles. The summed E-state index contributed by atoms with van der Waals surface area (Å²) >= 11 is 0. The SMILES string of the molecule is C#CCC(C)NCc1ccncn1. The Morgan fingerprint density at radius 2 is 2.54 bits per heavy atom. The molecule has 3 heteroatoms. The molecule has 1 N–H and O–H groups in total. The molecule has 0 fully saturated rings. The van der Waals surface area contributed by atoms with Crippen LogP contribution in [-0.4, -0.2) is 16.0 Å².